The van der Waals surface area contributed by atoms with Crippen LogP contribution in [0.4, 0.5) is 29.9 Å². The number of urea groups is 1. The van der Waals surface area contributed by atoms with Gasteiger partial charge in [-0.05, 0) is 155 Å². The first kappa shape index (κ1) is 67.8. The van der Waals surface area contributed by atoms with Crippen molar-refractivity contribution in [2.75, 3.05) is 109 Å². The number of anilines is 2. The number of imide groups is 1. The molecule has 2 unspecified atom stereocenters. The molecule has 2 atom stereocenters. The Hall–Kier alpha value is -7.19. The van der Waals surface area contributed by atoms with Crippen LogP contribution in [0.15, 0.2) is 48.7 Å². The summed E-state index contributed by atoms with van der Waals surface area (Å²) in [5.74, 6) is 3.74. The van der Waals surface area contributed by atoms with E-state index in [1.54, 1.807) is 42.6 Å². The Labute approximate surface area is 559 Å². The van der Waals surface area contributed by atoms with Gasteiger partial charge in [0, 0.05) is 114 Å². The van der Waals surface area contributed by atoms with Gasteiger partial charge in [0.15, 0.2) is 12.6 Å². The predicted molar refractivity (Wildman–Crippen MR) is 366 cm³/mol. The minimum Gasteiger partial charge on any atom is -0.495 e. The van der Waals surface area contributed by atoms with E-state index in [2.05, 4.69) is 73.0 Å². The van der Waals surface area contributed by atoms with Crippen LogP contribution in [0.1, 0.15) is 149 Å². The number of halogens is 2. The molecule has 5 aromatic rings. The molecular weight excluding hydrogens is 1230 g/mol. The highest BCUT2D eigenvalue weighted by Crippen LogP contribution is 2.50. The summed E-state index contributed by atoms with van der Waals surface area (Å²) in [7, 11) is 0.695. The molecule has 22 heteroatoms. The molecule has 7 fully saturated rings. The maximum Gasteiger partial charge on any atom is 0.410 e. The minimum absolute atomic E-state index is 0.0170. The van der Waals surface area contributed by atoms with E-state index in [1.165, 1.54) is 50.9 Å². The zero-order valence-corrected chi connectivity index (χ0v) is 58.5. The van der Waals surface area contributed by atoms with Crippen molar-refractivity contribution in [3.05, 3.63) is 71.4 Å². The number of carbonyl (C=O) groups excluding carboxylic acids is 4. The Morgan fingerprint density at radius 3 is 2.12 bits per heavy atom. The van der Waals surface area contributed by atoms with Crippen molar-refractivity contribution in [2.24, 2.45) is 16.7 Å². The van der Waals surface area contributed by atoms with Crippen LogP contribution in [0, 0.1) is 39.8 Å². The quantitative estimate of drug-likeness (QED) is 0.0496. The molecule has 2 aromatic heterocycles. The first-order valence-corrected chi connectivity index (χ1v) is 36.8. The number of rotatable bonds is 18. The number of carbonyl (C=O) groups is 4. The van der Waals surface area contributed by atoms with Crippen molar-refractivity contribution >= 4 is 65.2 Å². The largest absolute Gasteiger partial charge is 0.495 e. The van der Waals surface area contributed by atoms with Crippen LogP contribution in [0.5, 0.6) is 17.5 Å². The van der Waals surface area contributed by atoms with E-state index < -0.39 is 31.3 Å². The summed E-state index contributed by atoms with van der Waals surface area (Å²) in [6, 6.07) is 11.0. The molecule has 510 valence electrons. The maximum atomic E-state index is 18.3. The highest BCUT2D eigenvalue weighted by Gasteiger charge is 2.48. The number of aromatic nitrogens is 3. The van der Waals surface area contributed by atoms with Crippen molar-refractivity contribution in [2.45, 2.75) is 167 Å². The fourth-order valence-corrected chi connectivity index (χ4v) is 21.8. The number of pyridine rings is 1. The number of ether oxygens (including phenoxy) is 5. The van der Waals surface area contributed by atoms with Gasteiger partial charge >= 0.3 is 18.1 Å². The number of hydrogen-bond acceptors (Lipinski definition) is 15. The number of benzene rings is 3. The van der Waals surface area contributed by atoms with Crippen LogP contribution in [0.2, 0.25) is 16.6 Å². The van der Waals surface area contributed by atoms with Crippen LogP contribution in [-0.2, 0) is 14.3 Å². The Balaban J connectivity index is 0.734. The van der Waals surface area contributed by atoms with Crippen molar-refractivity contribution in [3.63, 3.8) is 0 Å². The lowest BCUT2D eigenvalue weighted by Gasteiger charge is -2.47. The second kappa shape index (κ2) is 27.4. The van der Waals surface area contributed by atoms with Gasteiger partial charge in [-0.25, -0.2) is 18.4 Å². The average Bonchev–Trinajstić information content (AvgIpc) is 1.68. The van der Waals surface area contributed by atoms with E-state index in [4.69, 9.17) is 38.6 Å². The summed E-state index contributed by atoms with van der Waals surface area (Å²) in [6.07, 6.45) is 11.6. The van der Waals surface area contributed by atoms with Gasteiger partial charge in [-0.3, -0.25) is 29.7 Å². The molecule has 0 radical (unpaired) electrons. The molecule has 2 bridgehead atoms. The fraction of sp³-hybridized carbons (Fsp3) is 0.603. The van der Waals surface area contributed by atoms with Crippen LogP contribution in [0.3, 0.4) is 0 Å². The van der Waals surface area contributed by atoms with Crippen LogP contribution < -0.4 is 29.3 Å². The molecule has 95 heavy (non-hydrogen) atoms. The van der Waals surface area contributed by atoms with Gasteiger partial charge in [-0.15, -0.1) is 5.54 Å². The van der Waals surface area contributed by atoms with Gasteiger partial charge in [0.2, 0.25) is 5.91 Å². The summed E-state index contributed by atoms with van der Waals surface area (Å²) < 4.78 is 64.5. The number of nitrogens with zero attached hydrogens (tertiary/aromatic N) is 9. The van der Waals surface area contributed by atoms with Gasteiger partial charge < -0.3 is 43.3 Å². The molecule has 5 saturated heterocycles. The van der Waals surface area contributed by atoms with E-state index >= 15 is 8.78 Å². The molecule has 19 nitrogen and oxygen atoms in total. The summed E-state index contributed by atoms with van der Waals surface area (Å²) in [4.78, 5) is 79.7. The zero-order chi connectivity index (χ0) is 67.3. The van der Waals surface area contributed by atoms with Crippen LogP contribution >= 0.6 is 0 Å². The number of piperidine rings is 1. The standard InChI is InChI=1S/C73H96F2N10O9Si/c1-46(2)95(47(3)4,48(5)6)35-21-55-58(74)16-12-50-36-54(93-45-90-10)38-56(62(50)55)64-63(75)65-57(39-76-64)66(83-41-52-14-15-53(42-83)85(52)70(89)94-71(7,8)9)79-68(78-65)92-44-73(24-25-73)43-81-33-31-80(32-34-81)40-49-18-22-72(23-19-49)26-29-82(30-27-72)67(87)51-13-17-60(91-11)59(37-51)84-28-20-61(86)77-69(84)88/h12-13,16-17,36-39,46-49,52-53H,14-15,18-20,22-34,40-45H2,1-11H3,(H,77,86,88). The van der Waals surface area contributed by atoms with Gasteiger partial charge in [-0.1, -0.05) is 53.5 Å². The van der Waals surface area contributed by atoms with Gasteiger partial charge in [-0.2, -0.15) is 9.97 Å². The molecule has 5 amide bonds. The first-order chi connectivity index (χ1) is 45.4. The van der Waals surface area contributed by atoms with Gasteiger partial charge in [0.1, 0.15) is 48.0 Å². The summed E-state index contributed by atoms with van der Waals surface area (Å²) in [6.45, 7) is 27.6. The third kappa shape index (κ3) is 14.0. The second-order valence-electron chi connectivity index (χ2n) is 30.1. The Morgan fingerprint density at radius 1 is 0.800 bits per heavy atom. The fourth-order valence-electron chi connectivity index (χ4n) is 16.6. The normalized spacial score (nSPS) is 21.1. The van der Waals surface area contributed by atoms with E-state index in [0.29, 0.717) is 106 Å². The second-order valence-corrected chi connectivity index (χ2v) is 35.7. The number of amides is 5. The molecule has 1 spiro atoms. The molecule has 5 aliphatic heterocycles. The minimum atomic E-state index is -2.36. The Kier molecular flexibility index (Phi) is 19.5. The van der Waals surface area contributed by atoms with Crippen LogP contribution in [0.25, 0.3) is 32.9 Å². The van der Waals surface area contributed by atoms with Crippen LogP contribution in [-0.4, -0.2) is 184 Å². The lowest BCUT2D eigenvalue weighted by atomic mass is 9.65. The molecular formula is C73H96F2N10O9Si. The lowest BCUT2D eigenvalue weighted by Crippen LogP contribution is -2.57. The third-order valence-electron chi connectivity index (χ3n) is 22.0. The number of likely N-dealkylation sites (tertiary alicyclic amines) is 1. The molecule has 2 saturated carbocycles. The molecule has 7 aliphatic rings. The number of piperazine rings is 2. The van der Waals surface area contributed by atoms with E-state index in [1.807, 2.05) is 30.6 Å². The summed E-state index contributed by atoms with van der Waals surface area (Å²) in [5.41, 5.74) is 5.50. The van der Waals surface area contributed by atoms with Crippen molar-refractivity contribution in [1.29, 1.82) is 0 Å². The Bertz CT molecular complexity index is 3750. The monoisotopic (exact) mass is 1320 g/mol. The van der Waals surface area contributed by atoms with E-state index in [0.717, 1.165) is 77.8 Å². The number of methoxy groups -OCH3 is 2. The van der Waals surface area contributed by atoms with Gasteiger partial charge in [0.25, 0.3) is 5.91 Å². The topological polar surface area (TPSA) is 185 Å². The number of fused-ring (bicyclic) bond motifs is 4. The highest BCUT2D eigenvalue weighted by molar-refractivity contribution is 6.90. The highest BCUT2D eigenvalue weighted by atomic mass is 28.3. The summed E-state index contributed by atoms with van der Waals surface area (Å²) >= 11 is 0. The smallest absolute Gasteiger partial charge is 0.410 e. The first-order valence-electron chi connectivity index (χ1n) is 34.6. The van der Waals surface area contributed by atoms with Crippen molar-refractivity contribution in [3.8, 4) is 40.2 Å². The maximum absolute atomic E-state index is 18.3. The van der Waals surface area contributed by atoms with Crippen molar-refractivity contribution < 1.29 is 51.6 Å². The molecule has 3 aromatic carbocycles. The number of nitrogens with one attached hydrogen (secondary N) is 1. The van der Waals surface area contributed by atoms with Crippen molar-refractivity contribution in [1.82, 2.24) is 39.9 Å². The van der Waals surface area contributed by atoms with E-state index in [9.17, 15) is 19.2 Å². The lowest BCUT2D eigenvalue weighted by molar-refractivity contribution is -0.120. The SMILES string of the molecule is COCOc1cc(-c2ncc3c(N4CC5CCC(C4)N5C(=O)OC(C)(C)C)nc(OCC4(CN5CCN(CC6CCC7(CC6)CCN(C(=O)c6ccc(OC)c(N8CCC(=O)NC8=O)c6)CC7)CC5)CC4)nc3c2F)c2c(C#C[Si](C(C)C)(C(C)C)C(C)C)c(F)ccc2c1. The Morgan fingerprint density at radius 2 is 1.48 bits per heavy atom. The molecule has 1 N–H and O–H groups in total. The molecule has 2 aliphatic carbocycles. The average molecular weight is 1320 g/mol. The molecule has 12 rings (SSSR count). The summed E-state index contributed by atoms with van der Waals surface area (Å²) in [5, 5.41) is 3.79. The number of hydrogen-bond donors (Lipinski definition) is 1. The third-order valence-corrected chi connectivity index (χ3v) is 28.3. The molecule has 7 heterocycles. The zero-order valence-electron chi connectivity index (χ0n) is 57.5. The van der Waals surface area contributed by atoms with Gasteiger partial charge in [0.05, 0.1) is 42.4 Å². The van der Waals surface area contributed by atoms with E-state index in [-0.39, 0.29) is 83.4 Å². The predicted octanol–water partition coefficient (Wildman–Crippen LogP) is 12.6.